The monoisotopic (exact) mass is 253 g/mol. The first kappa shape index (κ1) is 13.7. The van der Waals surface area contributed by atoms with Gasteiger partial charge in [0.05, 0.1) is 0 Å². The molecule has 0 bridgehead atoms. The molecule has 0 aromatic rings. The van der Waals surface area contributed by atoms with Crippen LogP contribution in [0.2, 0.25) is 0 Å². The highest BCUT2D eigenvalue weighted by molar-refractivity contribution is 5.74. The van der Waals surface area contributed by atoms with Crippen molar-refractivity contribution in [1.82, 2.24) is 15.1 Å². The number of urea groups is 1. The molecule has 1 aliphatic carbocycles. The van der Waals surface area contributed by atoms with E-state index in [1.165, 1.54) is 32.1 Å². The molecule has 0 unspecified atom stereocenters. The number of carbonyl (C=O) groups excluding carboxylic acids is 1. The first-order valence-corrected chi connectivity index (χ1v) is 7.41. The Hall–Kier alpha value is -0.770. The second kappa shape index (κ2) is 6.41. The van der Waals surface area contributed by atoms with Gasteiger partial charge in [-0.15, -0.1) is 0 Å². The fourth-order valence-electron chi connectivity index (χ4n) is 3.22. The van der Waals surface area contributed by atoms with Crippen molar-refractivity contribution in [2.75, 3.05) is 27.2 Å². The predicted octanol–water partition coefficient (Wildman–Crippen LogP) is 2.05. The molecule has 2 amide bonds. The topological polar surface area (TPSA) is 35.6 Å². The quantitative estimate of drug-likeness (QED) is 0.817. The smallest absolute Gasteiger partial charge is 0.319 e. The largest absolute Gasteiger partial charge is 0.325 e. The van der Waals surface area contributed by atoms with Crippen LogP contribution in [0.15, 0.2) is 0 Å². The summed E-state index contributed by atoms with van der Waals surface area (Å²) in [6.07, 6.45) is 8.29. The van der Waals surface area contributed by atoms with Crippen LogP contribution in [0, 0.1) is 0 Å². The zero-order valence-corrected chi connectivity index (χ0v) is 11.8. The van der Waals surface area contributed by atoms with Crippen molar-refractivity contribution in [1.29, 1.82) is 0 Å². The maximum Gasteiger partial charge on any atom is 0.319 e. The summed E-state index contributed by atoms with van der Waals surface area (Å²) in [5, 5.41) is 3.34. The normalized spacial score (nSPS) is 29.1. The molecule has 4 nitrogen and oxygen atoms in total. The van der Waals surface area contributed by atoms with Crippen LogP contribution in [0.4, 0.5) is 4.79 Å². The fraction of sp³-hybridized carbons (Fsp3) is 0.929. The van der Waals surface area contributed by atoms with Gasteiger partial charge in [0.1, 0.15) is 0 Å². The van der Waals surface area contributed by atoms with Crippen LogP contribution in [0.25, 0.3) is 0 Å². The van der Waals surface area contributed by atoms with Gasteiger partial charge in [0.15, 0.2) is 0 Å². The van der Waals surface area contributed by atoms with E-state index in [1.807, 2.05) is 23.9 Å². The minimum Gasteiger partial charge on any atom is -0.325 e. The number of nitrogens with one attached hydrogen (secondary N) is 1. The van der Waals surface area contributed by atoms with E-state index in [-0.39, 0.29) is 6.03 Å². The first-order valence-electron chi connectivity index (χ1n) is 7.41. The van der Waals surface area contributed by atoms with Crippen molar-refractivity contribution in [3.05, 3.63) is 0 Å². The van der Waals surface area contributed by atoms with Crippen LogP contribution in [0.3, 0.4) is 0 Å². The molecule has 0 spiro atoms. The average Bonchev–Trinajstić information content (AvgIpc) is 2.47. The van der Waals surface area contributed by atoms with Crippen molar-refractivity contribution in [2.24, 2.45) is 0 Å². The van der Waals surface area contributed by atoms with Crippen LogP contribution in [-0.2, 0) is 0 Å². The minimum atomic E-state index is 0.252. The van der Waals surface area contributed by atoms with E-state index < -0.39 is 0 Å². The highest BCUT2D eigenvalue weighted by Crippen LogP contribution is 2.23. The van der Waals surface area contributed by atoms with E-state index in [4.69, 9.17) is 0 Å². The van der Waals surface area contributed by atoms with Gasteiger partial charge >= 0.3 is 6.03 Å². The molecule has 0 aromatic heterocycles. The highest BCUT2D eigenvalue weighted by atomic mass is 16.2. The molecular formula is C14H27N3O. The molecule has 18 heavy (non-hydrogen) atoms. The maximum atomic E-state index is 12.4. The van der Waals surface area contributed by atoms with Gasteiger partial charge in [-0.05, 0) is 52.0 Å². The third kappa shape index (κ3) is 3.16. The molecule has 0 aromatic carbocycles. The van der Waals surface area contributed by atoms with Gasteiger partial charge in [-0.25, -0.2) is 4.79 Å². The lowest BCUT2D eigenvalue weighted by Gasteiger charge is -2.38. The zero-order chi connectivity index (χ0) is 13.0. The van der Waals surface area contributed by atoms with Gasteiger partial charge in [0, 0.05) is 32.2 Å². The minimum absolute atomic E-state index is 0.252. The SMILES string of the molecule is CNC1CCC(N(C)C(=O)N2CCCCC2)CC1. The predicted molar refractivity (Wildman–Crippen MR) is 73.7 cm³/mol. The van der Waals surface area contributed by atoms with E-state index >= 15 is 0 Å². The number of amides is 2. The molecule has 0 radical (unpaired) electrons. The van der Waals surface area contributed by atoms with Crippen molar-refractivity contribution in [3.8, 4) is 0 Å². The lowest BCUT2D eigenvalue weighted by Crippen LogP contribution is -2.49. The Labute approximate surface area is 111 Å². The summed E-state index contributed by atoms with van der Waals surface area (Å²) in [7, 11) is 4.02. The molecule has 104 valence electrons. The molecule has 1 heterocycles. The van der Waals surface area contributed by atoms with E-state index in [9.17, 15) is 4.79 Å². The van der Waals surface area contributed by atoms with Gasteiger partial charge in [-0.3, -0.25) is 0 Å². The molecule has 4 heteroatoms. The fourth-order valence-corrected chi connectivity index (χ4v) is 3.22. The van der Waals surface area contributed by atoms with Crippen molar-refractivity contribution < 1.29 is 4.79 Å². The van der Waals surface area contributed by atoms with E-state index in [0.29, 0.717) is 12.1 Å². The Kier molecular flexibility index (Phi) is 4.87. The summed E-state index contributed by atoms with van der Waals surface area (Å²) < 4.78 is 0. The average molecular weight is 253 g/mol. The molecule has 2 rings (SSSR count). The van der Waals surface area contributed by atoms with E-state index in [1.54, 1.807) is 0 Å². The van der Waals surface area contributed by atoms with Crippen LogP contribution >= 0.6 is 0 Å². The van der Waals surface area contributed by atoms with Crippen LogP contribution in [0.5, 0.6) is 0 Å². The molecule has 0 atom stereocenters. The summed E-state index contributed by atoms with van der Waals surface area (Å²) in [4.78, 5) is 16.4. The van der Waals surface area contributed by atoms with E-state index in [0.717, 1.165) is 25.9 Å². The molecule has 2 fully saturated rings. The number of likely N-dealkylation sites (tertiary alicyclic amines) is 1. The van der Waals surface area contributed by atoms with Gasteiger partial charge in [0.2, 0.25) is 0 Å². The molecule has 1 saturated carbocycles. The van der Waals surface area contributed by atoms with Crippen LogP contribution in [-0.4, -0.2) is 55.1 Å². The third-order valence-corrected chi connectivity index (χ3v) is 4.58. The number of hydrogen-bond acceptors (Lipinski definition) is 2. The number of rotatable bonds is 2. The van der Waals surface area contributed by atoms with Gasteiger partial charge in [-0.1, -0.05) is 0 Å². The maximum absolute atomic E-state index is 12.4. The molecule has 2 aliphatic rings. The number of carbonyl (C=O) groups is 1. The summed E-state index contributed by atoms with van der Waals surface area (Å²) in [6.45, 7) is 1.91. The molecule has 1 saturated heterocycles. The molecule has 1 aliphatic heterocycles. The first-order chi connectivity index (χ1) is 8.72. The third-order valence-electron chi connectivity index (χ3n) is 4.58. The van der Waals surface area contributed by atoms with Crippen molar-refractivity contribution in [2.45, 2.75) is 57.0 Å². The van der Waals surface area contributed by atoms with Crippen molar-refractivity contribution >= 4 is 6.03 Å². The second-order valence-electron chi connectivity index (χ2n) is 5.74. The molecular weight excluding hydrogens is 226 g/mol. The standard InChI is InChI=1S/C14H27N3O/c1-15-12-6-8-13(9-7-12)16(2)14(18)17-10-4-3-5-11-17/h12-13,15H,3-11H2,1-2H3. The second-order valence-corrected chi connectivity index (χ2v) is 5.74. The van der Waals surface area contributed by atoms with Crippen molar-refractivity contribution in [3.63, 3.8) is 0 Å². The van der Waals surface area contributed by atoms with Gasteiger partial charge in [0.25, 0.3) is 0 Å². The van der Waals surface area contributed by atoms with Crippen LogP contribution < -0.4 is 5.32 Å². The zero-order valence-electron chi connectivity index (χ0n) is 11.8. The number of hydrogen-bond donors (Lipinski definition) is 1. The summed E-state index contributed by atoms with van der Waals surface area (Å²) in [5.41, 5.74) is 0. The highest BCUT2D eigenvalue weighted by Gasteiger charge is 2.28. The summed E-state index contributed by atoms with van der Waals surface area (Å²) in [5.74, 6) is 0. The van der Waals surface area contributed by atoms with Crippen LogP contribution in [0.1, 0.15) is 44.9 Å². The molecule has 1 N–H and O–H groups in total. The Morgan fingerprint density at radius 3 is 2.28 bits per heavy atom. The Morgan fingerprint density at radius 1 is 1.11 bits per heavy atom. The Bertz CT molecular complexity index is 268. The summed E-state index contributed by atoms with van der Waals surface area (Å²) >= 11 is 0. The lowest BCUT2D eigenvalue weighted by atomic mass is 9.90. The number of nitrogens with zero attached hydrogens (tertiary/aromatic N) is 2. The van der Waals surface area contributed by atoms with E-state index in [2.05, 4.69) is 5.32 Å². The lowest BCUT2D eigenvalue weighted by molar-refractivity contribution is 0.123. The Morgan fingerprint density at radius 2 is 1.72 bits per heavy atom. The Balaban J connectivity index is 1.83. The van der Waals surface area contributed by atoms with Gasteiger partial charge in [-0.2, -0.15) is 0 Å². The summed E-state index contributed by atoms with van der Waals surface area (Å²) in [6, 6.07) is 1.35. The number of piperidine rings is 1. The van der Waals surface area contributed by atoms with Gasteiger partial charge < -0.3 is 15.1 Å².